The van der Waals surface area contributed by atoms with Crippen molar-refractivity contribution in [3.05, 3.63) is 59.3 Å². The predicted octanol–water partition coefficient (Wildman–Crippen LogP) is 1.30. The molecular formula is C21H21N4O4-. The first-order valence-electron chi connectivity index (χ1n) is 9.02. The van der Waals surface area contributed by atoms with Gasteiger partial charge in [-0.25, -0.2) is 4.98 Å². The Morgan fingerprint density at radius 2 is 2.00 bits per heavy atom. The number of aromatic hydroxyl groups is 1. The highest BCUT2D eigenvalue weighted by Gasteiger charge is 2.16. The monoisotopic (exact) mass is 393 g/mol. The zero-order chi connectivity index (χ0) is 21.0. The lowest BCUT2D eigenvalue weighted by molar-refractivity contribution is -0.304. The summed E-state index contributed by atoms with van der Waals surface area (Å²) in [6.07, 6.45) is 1.71. The van der Waals surface area contributed by atoms with Gasteiger partial charge < -0.3 is 31.2 Å². The minimum Gasteiger partial charge on any atom is -0.550 e. The van der Waals surface area contributed by atoms with E-state index in [-0.39, 0.29) is 23.9 Å². The third-order valence-corrected chi connectivity index (χ3v) is 4.32. The number of hydrogen-bond acceptors (Lipinski definition) is 8. The van der Waals surface area contributed by atoms with Crippen molar-refractivity contribution in [3.63, 3.8) is 0 Å². The molecule has 3 aromatic rings. The van der Waals surface area contributed by atoms with E-state index < -0.39 is 5.97 Å². The van der Waals surface area contributed by atoms with Gasteiger partial charge >= 0.3 is 0 Å². The van der Waals surface area contributed by atoms with Gasteiger partial charge in [-0.2, -0.15) is 4.98 Å². The summed E-state index contributed by atoms with van der Waals surface area (Å²) in [6, 6.07) is 10.3. The summed E-state index contributed by atoms with van der Waals surface area (Å²) in [5, 5.41) is 21.6. The predicted molar refractivity (Wildman–Crippen MR) is 107 cm³/mol. The number of nitrogen functional groups attached to an aromatic ring is 2. The molecule has 0 aliphatic carbocycles. The molecule has 0 radical (unpaired) electrons. The van der Waals surface area contributed by atoms with E-state index >= 15 is 0 Å². The van der Waals surface area contributed by atoms with Crippen LogP contribution in [-0.4, -0.2) is 27.7 Å². The number of carboxylic acids is 1. The average Bonchev–Trinajstić information content (AvgIpc) is 2.64. The highest BCUT2D eigenvalue weighted by atomic mass is 16.5. The molecule has 0 aliphatic rings. The Morgan fingerprint density at radius 1 is 1.21 bits per heavy atom. The Hall–Kier alpha value is -3.81. The van der Waals surface area contributed by atoms with E-state index in [2.05, 4.69) is 9.97 Å². The van der Waals surface area contributed by atoms with Crippen LogP contribution >= 0.6 is 0 Å². The SMILES string of the molecule is CCOc1cc(Cc2cnc(N)nc2N)cc(O)c1-c1cccc(CC(=O)[O-])c1. The summed E-state index contributed by atoms with van der Waals surface area (Å²) < 4.78 is 5.75. The number of nitrogens with two attached hydrogens (primary N) is 2. The van der Waals surface area contributed by atoms with Crippen LogP contribution in [0.4, 0.5) is 11.8 Å². The molecule has 0 amide bonds. The van der Waals surface area contributed by atoms with Crippen molar-refractivity contribution in [2.45, 2.75) is 19.8 Å². The molecule has 8 heteroatoms. The quantitative estimate of drug-likeness (QED) is 0.544. The number of hydrogen-bond donors (Lipinski definition) is 3. The molecule has 8 nitrogen and oxygen atoms in total. The van der Waals surface area contributed by atoms with Gasteiger partial charge in [0.15, 0.2) is 0 Å². The fraction of sp³-hybridized carbons (Fsp3) is 0.190. The number of aromatic nitrogens is 2. The third kappa shape index (κ3) is 4.73. The van der Waals surface area contributed by atoms with Gasteiger partial charge in [0.2, 0.25) is 5.95 Å². The van der Waals surface area contributed by atoms with Crippen LogP contribution in [0.25, 0.3) is 11.1 Å². The lowest BCUT2D eigenvalue weighted by atomic mass is 9.96. The van der Waals surface area contributed by atoms with Gasteiger partial charge in [0.25, 0.3) is 0 Å². The minimum atomic E-state index is -1.17. The van der Waals surface area contributed by atoms with Crippen molar-refractivity contribution in [1.29, 1.82) is 0 Å². The van der Waals surface area contributed by atoms with Crippen molar-refractivity contribution >= 4 is 17.7 Å². The molecule has 0 aliphatic heterocycles. The number of ether oxygens (including phenoxy) is 1. The van der Waals surface area contributed by atoms with Crippen LogP contribution in [0.15, 0.2) is 42.6 Å². The third-order valence-electron chi connectivity index (χ3n) is 4.32. The first kappa shape index (κ1) is 19.9. The highest BCUT2D eigenvalue weighted by molar-refractivity contribution is 5.78. The van der Waals surface area contributed by atoms with Crippen LogP contribution in [0.3, 0.4) is 0 Å². The Bertz CT molecular complexity index is 1050. The van der Waals surface area contributed by atoms with Gasteiger partial charge in [0.05, 0.1) is 12.2 Å². The van der Waals surface area contributed by atoms with Crippen molar-refractivity contribution in [2.24, 2.45) is 0 Å². The number of phenolic OH excluding ortho intramolecular Hbond substituents is 1. The second kappa shape index (κ2) is 8.47. The molecule has 0 bridgehead atoms. The maximum atomic E-state index is 10.9. The van der Waals surface area contributed by atoms with E-state index in [0.717, 1.165) is 5.56 Å². The Morgan fingerprint density at radius 3 is 2.69 bits per heavy atom. The second-order valence-electron chi connectivity index (χ2n) is 6.49. The maximum Gasteiger partial charge on any atom is 0.221 e. The normalized spacial score (nSPS) is 10.7. The number of rotatable bonds is 7. The summed E-state index contributed by atoms with van der Waals surface area (Å²) in [5.41, 5.74) is 14.6. The van der Waals surface area contributed by atoms with Crippen LogP contribution in [-0.2, 0) is 17.6 Å². The number of carbonyl (C=O) groups excluding carboxylic acids is 1. The van der Waals surface area contributed by atoms with E-state index in [1.165, 1.54) is 0 Å². The molecule has 2 aromatic carbocycles. The van der Waals surface area contributed by atoms with E-state index in [1.807, 2.05) is 6.92 Å². The molecule has 0 saturated carbocycles. The number of carboxylic acid groups (broad SMARTS) is 1. The summed E-state index contributed by atoms with van der Waals surface area (Å²) in [5.74, 6) is -0.325. The molecule has 0 saturated heterocycles. The van der Waals surface area contributed by atoms with Gasteiger partial charge in [-0.1, -0.05) is 24.3 Å². The average molecular weight is 393 g/mol. The second-order valence-corrected chi connectivity index (χ2v) is 6.49. The fourth-order valence-corrected chi connectivity index (χ4v) is 3.11. The van der Waals surface area contributed by atoms with Crippen LogP contribution < -0.4 is 21.3 Å². The number of nitrogens with zero attached hydrogens (tertiary/aromatic N) is 2. The molecule has 3 rings (SSSR count). The molecule has 0 fully saturated rings. The number of aliphatic carboxylic acids is 1. The van der Waals surface area contributed by atoms with Crippen LogP contribution in [0, 0.1) is 0 Å². The summed E-state index contributed by atoms with van der Waals surface area (Å²) in [6.45, 7) is 2.23. The zero-order valence-corrected chi connectivity index (χ0v) is 15.9. The molecule has 0 spiro atoms. The Balaban J connectivity index is 2.02. The molecule has 0 atom stereocenters. The molecule has 1 aromatic heterocycles. The van der Waals surface area contributed by atoms with E-state index in [9.17, 15) is 15.0 Å². The van der Waals surface area contributed by atoms with Gasteiger partial charge in [-0.15, -0.1) is 0 Å². The van der Waals surface area contributed by atoms with Crippen molar-refractivity contribution in [1.82, 2.24) is 9.97 Å². The molecule has 29 heavy (non-hydrogen) atoms. The van der Waals surface area contributed by atoms with Crippen LogP contribution in [0.5, 0.6) is 11.5 Å². The lowest BCUT2D eigenvalue weighted by Gasteiger charge is -2.16. The summed E-state index contributed by atoms with van der Waals surface area (Å²) in [4.78, 5) is 18.8. The number of phenols is 1. The van der Waals surface area contributed by atoms with Gasteiger partial charge in [-0.3, -0.25) is 0 Å². The van der Waals surface area contributed by atoms with E-state index in [4.69, 9.17) is 16.2 Å². The molecule has 1 heterocycles. The lowest BCUT2D eigenvalue weighted by Crippen LogP contribution is -2.24. The van der Waals surface area contributed by atoms with Crippen LogP contribution in [0.2, 0.25) is 0 Å². The molecule has 150 valence electrons. The van der Waals surface area contributed by atoms with Crippen LogP contribution in [0.1, 0.15) is 23.6 Å². The topological polar surface area (TPSA) is 147 Å². The van der Waals surface area contributed by atoms with Gasteiger partial charge in [0, 0.05) is 30.6 Å². The maximum absolute atomic E-state index is 10.9. The van der Waals surface area contributed by atoms with Crippen molar-refractivity contribution in [3.8, 4) is 22.6 Å². The highest BCUT2D eigenvalue weighted by Crippen LogP contribution is 2.40. The Labute approximate surface area is 167 Å². The largest absolute Gasteiger partial charge is 0.550 e. The zero-order valence-electron chi connectivity index (χ0n) is 15.9. The van der Waals surface area contributed by atoms with Gasteiger partial charge in [-0.05, 0) is 35.7 Å². The van der Waals surface area contributed by atoms with Gasteiger partial charge in [0.1, 0.15) is 17.3 Å². The first-order chi connectivity index (χ1) is 13.9. The van der Waals surface area contributed by atoms with E-state index in [0.29, 0.717) is 41.0 Å². The molecule has 0 unspecified atom stereocenters. The van der Waals surface area contributed by atoms with E-state index in [1.54, 1.807) is 42.6 Å². The van der Waals surface area contributed by atoms with Crippen molar-refractivity contribution in [2.75, 3.05) is 18.1 Å². The summed E-state index contributed by atoms with van der Waals surface area (Å²) in [7, 11) is 0. The van der Waals surface area contributed by atoms with Crippen molar-refractivity contribution < 1.29 is 19.7 Å². The smallest absolute Gasteiger partial charge is 0.221 e. The molecule has 5 N–H and O–H groups in total. The number of benzene rings is 2. The summed E-state index contributed by atoms with van der Waals surface area (Å²) >= 11 is 0. The number of carbonyl (C=O) groups is 1. The fourth-order valence-electron chi connectivity index (χ4n) is 3.11. The Kier molecular flexibility index (Phi) is 5.82. The number of anilines is 2. The minimum absolute atomic E-state index is 0.00600. The standard InChI is InChI=1S/C21H22N4O4/c1-2-29-17-9-13(7-15-11-24-21(23)25-20(15)22)8-16(26)19(17)14-5-3-4-12(6-14)10-18(27)28/h3-6,8-9,11,26H,2,7,10H2,1H3,(H,27,28)(H4,22,23,24,25)/p-1. The first-order valence-corrected chi connectivity index (χ1v) is 9.02. The molecular weight excluding hydrogens is 372 g/mol.